The monoisotopic (exact) mass is 351 g/mol. The molecule has 2 saturated carbocycles. The Kier molecular flexibility index (Phi) is 8.88. The second kappa shape index (κ2) is 10.4. The van der Waals surface area contributed by atoms with E-state index in [1.165, 1.54) is 18.2 Å². The molecule has 0 unspecified atom stereocenters. The first kappa shape index (κ1) is 19.7. The van der Waals surface area contributed by atoms with Gasteiger partial charge in [-0.05, 0) is 63.9 Å². The summed E-state index contributed by atoms with van der Waals surface area (Å²) in [5.41, 5.74) is -0.229. The quantitative estimate of drug-likeness (QED) is 0.276. The first-order valence-corrected chi connectivity index (χ1v) is 6.52. The normalized spacial score (nSPS) is 16.9. The third kappa shape index (κ3) is 6.32. The average Bonchev–Trinajstić information content (AvgIpc) is 3.23. The van der Waals surface area contributed by atoms with Gasteiger partial charge in [0, 0.05) is 6.07 Å². The Morgan fingerprint density at radius 3 is 1.96 bits per heavy atom. The van der Waals surface area contributed by atoms with E-state index in [0.29, 0.717) is 5.92 Å². The minimum absolute atomic E-state index is 0. The summed E-state index contributed by atoms with van der Waals surface area (Å²) in [5, 5.41) is 10.7. The van der Waals surface area contributed by atoms with Crippen LogP contribution in [0.4, 0.5) is 5.69 Å². The molecule has 1 aromatic rings. The summed E-state index contributed by atoms with van der Waals surface area (Å²) in [6.07, 6.45) is 16.5. The predicted octanol–water partition coefficient (Wildman–Crippen LogP) is 2.92. The number of hydrogen-bond donors (Lipinski definition) is 0. The third-order valence-corrected chi connectivity index (χ3v) is 2.72. The molecule has 0 aromatic heterocycles. The zero-order valence-electron chi connectivity index (χ0n) is 11.9. The molecule has 0 atom stereocenters. The van der Waals surface area contributed by atoms with Crippen molar-refractivity contribution in [1.29, 1.82) is 0 Å². The summed E-state index contributed by atoms with van der Waals surface area (Å²) in [4.78, 5) is 21.7. The van der Waals surface area contributed by atoms with Crippen LogP contribution in [0, 0.1) is 73.8 Å². The van der Waals surface area contributed by atoms with Gasteiger partial charge in [-0.15, -0.1) is 0 Å². The van der Waals surface area contributed by atoms with E-state index < -0.39 is 10.9 Å². The average molecular weight is 351 g/mol. The van der Waals surface area contributed by atoms with Gasteiger partial charge in [-0.2, -0.15) is 0 Å². The molecule has 6 heteroatoms. The van der Waals surface area contributed by atoms with Gasteiger partial charge in [-0.1, -0.05) is 12.1 Å². The van der Waals surface area contributed by atoms with Crippen molar-refractivity contribution in [3.05, 3.63) is 98.1 Å². The largest absolute Gasteiger partial charge is 2.00 e. The van der Waals surface area contributed by atoms with Crippen molar-refractivity contribution in [2.45, 2.75) is 0 Å². The number of nitrogens with zero attached hydrogens (tertiary/aromatic N) is 1. The third-order valence-electron chi connectivity index (χ3n) is 2.72. The van der Waals surface area contributed by atoms with Gasteiger partial charge in [0.2, 0.25) is 5.75 Å². The SMILES string of the molecule is O=C(Oc1ccccc1[N+](=O)[O-])[C]1[CH][CH][CH][CH]1.[CH]1[CH][CH][CH][CH]1.[Fe+2]. The molecule has 2 aliphatic carbocycles. The molecular formula is C17H13FeNO4+2. The Hall–Kier alpha value is -1.39. The van der Waals surface area contributed by atoms with Gasteiger partial charge in [0.15, 0.2) is 0 Å². The van der Waals surface area contributed by atoms with Crippen molar-refractivity contribution < 1.29 is 31.5 Å². The van der Waals surface area contributed by atoms with Gasteiger partial charge in [-0.25, -0.2) is 0 Å². The zero-order chi connectivity index (χ0) is 15.8. The molecule has 0 aliphatic heterocycles. The van der Waals surface area contributed by atoms with Crippen molar-refractivity contribution >= 4 is 11.7 Å². The number of rotatable bonds is 3. The number of carbonyl (C=O) groups is 1. The number of benzene rings is 1. The minimum Gasteiger partial charge on any atom is -0.419 e. The summed E-state index contributed by atoms with van der Waals surface area (Å²) in [6.45, 7) is 0. The van der Waals surface area contributed by atoms with Gasteiger partial charge in [-0.3, -0.25) is 14.9 Å². The number of ether oxygens (including phenoxy) is 1. The molecule has 116 valence electrons. The summed E-state index contributed by atoms with van der Waals surface area (Å²) in [7, 11) is 0. The Balaban J connectivity index is 0.000000377. The molecule has 0 saturated heterocycles. The number of hydrogen-bond acceptors (Lipinski definition) is 4. The van der Waals surface area contributed by atoms with Gasteiger partial charge < -0.3 is 4.74 Å². The van der Waals surface area contributed by atoms with Gasteiger partial charge in [0.05, 0.1) is 10.8 Å². The van der Waals surface area contributed by atoms with Crippen LogP contribution in [0.1, 0.15) is 0 Å². The van der Waals surface area contributed by atoms with E-state index in [1.807, 2.05) is 32.1 Å². The van der Waals surface area contributed by atoms with Crippen LogP contribution in [0.3, 0.4) is 0 Å². The topological polar surface area (TPSA) is 69.4 Å². The van der Waals surface area contributed by atoms with Crippen LogP contribution in [0.5, 0.6) is 5.75 Å². The second-order valence-corrected chi connectivity index (χ2v) is 4.25. The zero-order valence-corrected chi connectivity index (χ0v) is 13.0. The molecule has 5 nitrogen and oxygen atoms in total. The molecule has 0 N–H and O–H groups in total. The minimum atomic E-state index is -0.607. The second-order valence-electron chi connectivity index (χ2n) is 4.25. The smallest absolute Gasteiger partial charge is 0.419 e. The number of nitro benzene ring substituents is 1. The Morgan fingerprint density at radius 2 is 1.43 bits per heavy atom. The van der Waals surface area contributed by atoms with Crippen molar-refractivity contribution in [1.82, 2.24) is 0 Å². The summed E-state index contributed by atoms with van der Waals surface area (Å²) in [5.74, 6) is -0.295. The Labute approximate surface area is 147 Å². The van der Waals surface area contributed by atoms with E-state index in [2.05, 4.69) is 0 Å². The van der Waals surface area contributed by atoms with Crippen molar-refractivity contribution in [3.63, 3.8) is 0 Å². The van der Waals surface area contributed by atoms with E-state index in [0.717, 1.165) is 0 Å². The van der Waals surface area contributed by atoms with Crippen molar-refractivity contribution in [2.75, 3.05) is 0 Å². The molecule has 3 rings (SSSR count). The van der Waals surface area contributed by atoms with E-state index in [-0.39, 0.29) is 28.5 Å². The molecule has 0 heterocycles. The maximum Gasteiger partial charge on any atom is 2.00 e. The first-order chi connectivity index (χ1) is 10.7. The molecule has 2 aliphatic rings. The number of para-hydroxylation sites is 2. The van der Waals surface area contributed by atoms with E-state index in [4.69, 9.17) is 4.74 Å². The van der Waals surface area contributed by atoms with Crippen LogP contribution in [0.2, 0.25) is 0 Å². The summed E-state index contributed by atoms with van der Waals surface area (Å²) >= 11 is 0. The maximum atomic E-state index is 11.6. The maximum absolute atomic E-state index is 11.6. The molecule has 10 radical (unpaired) electrons. The fourth-order valence-corrected chi connectivity index (χ4v) is 1.68. The van der Waals surface area contributed by atoms with Crippen LogP contribution in [0.15, 0.2) is 24.3 Å². The molecular weight excluding hydrogens is 338 g/mol. The van der Waals surface area contributed by atoms with Crippen LogP contribution in [0.25, 0.3) is 0 Å². The van der Waals surface area contributed by atoms with Gasteiger partial charge in [0.25, 0.3) is 0 Å². The van der Waals surface area contributed by atoms with Crippen LogP contribution < -0.4 is 4.74 Å². The molecule has 1 aromatic carbocycles. The fraction of sp³-hybridized carbons (Fsp3) is 0. The fourth-order valence-electron chi connectivity index (χ4n) is 1.68. The molecule has 0 amide bonds. The van der Waals surface area contributed by atoms with E-state index in [9.17, 15) is 14.9 Å². The number of nitro groups is 1. The van der Waals surface area contributed by atoms with Crippen LogP contribution in [-0.4, -0.2) is 10.9 Å². The molecule has 23 heavy (non-hydrogen) atoms. The Bertz CT molecular complexity index is 503. The molecule has 0 bridgehead atoms. The Morgan fingerprint density at radius 1 is 0.913 bits per heavy atom. The van der Waals surface area contributed by atoms with Crippen LogP contribution >= 0.6 is 0 Å². The molecule has 2 fully saturated rings. The number of carbonyl (C=O) groups excluding carboxylic acids is 1. The first-order valence-electron chi connectivity index (χ1n) is 6.52. The van der Waals surface area contributed by atoms with E-state index >= 15 is 0 Å². The van der Waals surface area contributed by atoms with Crippen molar-refractivity contribution in [3.8, 4) is 5.75 Å². The van der Waals surface area contributed by atoms with Gasteiger partial charge in [0.1, 0.15) is 0 Å². The van der Waals surface area contributed by atoms with Crippen LogP contribution in [-0.2, 0) is 21.9 Å². The molecule has 0 spiro atoms. The predicted molar refractivity (Wildman–Crippen MR) is 80.7 cm³/mol. The van der Waals surface area contributed by atoms with Crippen molar-refractivity contribution in [2.24, 2.45) is 0 Å². The summed E-state index contributed by atoms with van der Waals surface area (Å²) < 4.78 is 4.97. The number of esters is 1. The standard InChI is InChI=1S/C12H8NO4.C5H5.Fe/c14-12(9-5-1-2-6-9)17-11-8-4-3-7-10(11)13(15)16;1-2-4-5-3-1;/h1-8H;1-5H;/q;;+2. The summed E-state index contributed by atoms with van der Waals surface area (Å²) in [6, 6.07) is 5.76. The van der Waals surface area contributed by atoms with E-state index in [1.54, 1.807) is 31.7 Å². The van der Waals surface area contributed by atoms with Gasteiger partial charge >= 0.3 is 28.7 Å².